The van der Waals surface area contributed by atoms with Crippen LogP contribution in [0.3, 0.4) is 0 Å². The predicted octanol–water partition coefficient (Wildman–Crippen LogP) is 2.47. The van der Waals surface area contributed by atoms with Crippen molar-refractivity contribution in [3.63, 3.8) is 0 Å². The first-order valence-electron chi connectivity index (χ1n) is 9.18. The van der Waals surface area contributed by atoms with Crippen LogP contribution in [0.5, 0.6) is 0 Å². The van der Waals surface area contributed by atoms with E-state index in [1.54, 1.807) is 0 Å². The van der Waals surface area contributed by atoms with E-state index in [2.05, 4.69) is 0 Å². The van der Waals surface area contributed by atoms with Gasteiger partial charge in [0.15, 0.2) is 6.29 Å². The normalized spacial score (nSPS) is 29.0. The molecule has 4 rings (SSSR count). The van der Waals surface area contributed by atoms with Crippen molar-refractivity contribution in [3.8, 4) is 0 Å². The van der Waals surface area contributed by atoms with E-state index in [9.17, 15) is 18.5 Å². The van der Waals surface area contributed by atoms with Gasteiger partial charge >= 0.3 is 13.5 Å². The van der Waals surface area contributed by atoms with E-state index in [1.165, 1.54) is 5.56 Å². The lowest BCUT2D eigenvalue weighted by Gasteiger charge is -2.29. The molecule has 0 amide bonds. The Hall–Kier alpha value is -2.10. The third kappa shape index (κ3) is 4.26. The third-order valence-electron chi connectivity index (χ3n) is 4.92. The highest BCUT2D eigenvalue weighted by atomic mass is 31.2. The smallest absolute Gasteiger partial charge is 0.328 e. The van der Waals surface area contributed by atoms with E-state index >= 15 is 0 Å². The van der Waals surface area contributed by atoms with Gasteiger partial charge in [-0.3, -0.25) is 27.9 Å². The maximum absolute atomic E-state index is 13.5. The number of phosphoric ester groups is 1. The summed E-state index contributed by atoms with van der Waals surface area (Å²) in [6, 6.07) is 7.66. The Morgan fingerprint density at radius 2 is 2.00 bits per heavy atom. The first-order chi connectivity index (χ1) is 13.9. The standard InChI is InChI=1S/C18H20FN2O7P/c1-2-11-3-5-12(6-4-11)9-25-29(24)26-10-13-7-15(27-17(13)28-29)21-8-14(19)16(22)20-18(21)23/h3-6,8,13,15,17H,2,7,9-10H2,1H3,(H,20,22,23)/t13-,15-,17+,29?/m1/s1. The number of phosphoric acid groups is 1. The second-order valence-electron chi connectivity index (χ2n) is 6.89. The van der Waals surface area contributed by atoms with Crippen molar-refractivity contribution in [1.82, 2.24) is 9.55 Å². The summed E-state index contributed by atoms with van der Waals surface area (Å²) in [7, 11) is -3.86. The van der Waals surface area contributed by atoms with Gasteiger partial charge in [0.2, 0.25) is 5.82 Å². The van der Waals surface area contributed by atoms with Crippen LogP contribution in [0.15, 0.2) is 40.1 Å². The average Bonchev–Trinajstić information content (AvgIpc) is 3.12. The summed E-state index contributed by atoms with van der Waals surface area (Å²) in [6.07, 6.45) is 0.120. The molecule has 9 nitrogen and oxygen atoms in total. The molecule has 0 saturated carbocycles. The predicted molar refractivity (Wildman–Crippen MR) is 98.6 cm³/mol. The fourth-order valence-corrected chi connectivity index (χ4v) is 4.59. The number of aromatic amines is 1. The van der Waals surface area contributed by atoms with E-state index in [1.807, 2.05) is 36.2 Å². The summed E-state index contributed by atoms with van der Waals surface area (Å²) in [6.45, 7) is 2.12. The number of H-pyrrole nitrogens is 1. The van der Waals surface area contributed by atoms with Crippen LogP contribution in [0.25, 0.3) is 0 Å². The molecule has 0 aliphatic carbocycles. The molecule has 2 saturated heterocycles. The number of benzene rings is 1. The molecule has 156 valence electrons. The number of aromatic nitrogens is 2. The second kappa shape index (κ2) is 7.97. The molecule has 2 aliphatic rings. The Morgan fingerprint density at radius 3 is 2.72 bits per heavy atom. The quantitative estimate of drug-likeness (QED) is 0.732. The molecular weight excluding hydrogens is 406 g/mol. The van der Waals surface area contributed by atoms with Gasteiger partial charge in [0, 0.05) is 12.3 Å². The summed E-state index contributed by atoms with van der Waals surface area (Å²) in [5.74, 6) is -1.43. The molecule has 0 spiro atoms. The van der Waals surface area contributed by atoms with Crippen molar-refractivity contribution in [2.45, 2.75) is 38.9 Å². The van der Waals surface area contributed by atoms with Crippen LogP contribution in [0.4, 0.5) is 4.39 Å². The van der Waals surface area contributed by atoms with Gasteiger partial charge in [-0.1, -0.05) is 31.2 Å². The Balaban J connectivity index is 1.42. The van der Waals surface area contributed by atoms with Gasteiger partial charge in [0.1, 0.15) is 6.23 Å². The molecule has 11 heteroatoms. The summed E-state index contributed by atoms with van der Waals surface area (Å²) >= 11 is 0. The van der Waals surface area contributed by atoms with Crippen LogP contribution in [0.1, 0.15) is 30.7 Å². The topological polar surface area (TPSA) is 109 Å². The molecule has 1 unspecified atom stereocenters. The monoisotopic (exact) mass is 426 g/mol. The minimum atomic E-state index is -3.86. The van der Waals surface area contributed by atoms with Crippen molar-refractivity contribution in [2.24, 2.45) is 5.92 Å². The molecule has 29 heavy (non-hydrogen) atoms. The lowest BCUT2D eigenvalue weighted by Crippen LogP contribution is -2.34. The number of ether oxygens (including phenoxy) is 1. The lowest BCUT2D eigenvalue weighted by atomic mass is 10.1. The number of halogens is 1. The maximum atomic E-state index is 13.5. The fraction of sp³-hybridized carbons (Fsp3) is 0.444. The van der Waals surface area contributed by atoms with Crippen LogP contribution in [0.2, 0.25) is 0 Å². The van der Waals surface area contributed by atoms with Crippen LogP contribution in [-0.2, 0) is 35.9 Å². The van der Waals surface area contributed by atoms with Crippen molar-refractivity contribution < 1.29 is 27.3 Å². The largest absolute Gasteiger partial charge is 0.477 e. The number of hydrogen-bond donors (Lipinski definition) is 1. The molecular formula is C18H20FN2O7P. The van der Waals surface area contributed by atoms with Crippen LogP contribution in [0, 0.1) is 11.7 Å². The highest BCUT2D eigenvalue weighted by Crippen LogP contribution is 2.58. The van der Waals surface area contributed by atoms with Gasteiger partial charge in [0.05, 0.1) is 19.4 Å². The van der Waals surface area contributed by atoms with Gasteiger partial charge in [-0.15, -0.1) is 0 Å². The fourth-order valence-electron chi connectivity index (χ4n) is 3.24. The first kappa shape index (κ1) is 20.2. The number of nitrogens with one attached hydrogen (secondary N) is 1. The molecule has 3 heterocycles. The van der Waals surface area contributed by atoms with Crippen LogP contribution < -0.4 is 11.2 Å². The Labute approximate surface area is 165 Å². The molecule has 2 aromatic rings. The summed E-state index contributed by atoms with van der Waals surface area (Å²) in [5, 5.41) is 0. The highest BCUT2D eigenvalue weighted by molar-refractivity contribution is 7.48. The van der Waals surface area contributed by atoms with E-state index in [0.29, 0.717) is 0 Å². The van der Waals surface area contributed by atoms with E-state index < -0.39 is 37.4 Å². The summed E-state index contributed by atoms with van der Waals surface area (Å²) < 4.78 is 49.0. The minimum Gasteiger partial charge on any atom is -0.328 e. The number of hydrogen-bond acceptors (Lipinski definition) is 7. The Morgan fingerprint density at radius 1 is 1.28 bits per heavy atom. The van der Waals surface area contributed by atoms with Crippen molar-refractivity contribution in [1.29, 1.82) is 0 Å². The van der Waals surface area contributed by atoms with E-state index in [4.69, 9.17) is 18.3 Å². The molecule has 1 aromatic heterocycles. The van der Waals surface area contributed by atoms with Gasteiger partial charge < -0.3 is 4.74 Å². The van der Waals surface area contributed by atoms with Crippen LogP contribution in [-0.4, -0.2) is 22.4 Å². The van der Waals surface area contributed by atoms with Crippen molar-refractivity contribution >= 4 is 7.82 Å². The molecule has 0 radical (unpaired) electrons. The maximum Gasteiger partial charge on any atom is 0.477 e. The SMILES string of the molecule is CCc1ccc(COP2(=O)OC[C@H]3C[C@H](n4cc(F)c(=O)[nH]c4=O)O[C@H]3O2)cc1. The highest BCUT2D eigenvalue weighted by Gasteiger charge is 2.48. The Bertz CT molecular complexity index is 1050. The van der Waals surface area contributed by atoms with Gasteiger partial charge in [-0.25, -0.2) is 9.36 Å². The van der Waals surface area contributed by atoms with E-state index in [-0.39, 0.29) is 25.6 Å². The molecule has 4 atom stereocenters. The first-order valence-corrected chi connectivity index (χ1v) is 10.6. The van der Waals surface area contributed by atoms with Crippen molar-refractivity contribution in [2.75, 3.05) is 6.61 Å². The summed E-state index contributed by atoms with van der Waals surface area (Å²) in [5.41, 5.74) is 0.0713. The second-order valence-corrected chi connectivity index (χ2v) is 8.51. The average molecular weight is 426 g/mol. The van der Waals surface area contributed by atoms with Crippen molar-refractivity contribution in [3.05, 3.63) is 68.2 Å². The number of aryl methyl sites for hydroxylation is 1. The molecule has 0 bridgehead atoms. The lowest BCUT2D eigenvalue weighted by molar-refractivity contribution is -0.147. The van der Waals surface area contributed by atoms with E-state index in [0.717, 1.165) is 22.7 Å². The zero-order chi connectivity index (χ0) is 20.6. The van der Waals surface area contributed by atoms with Gasteiger partial charge in [-0.05, 0) is 17.5 Å². The molecule has 1 aromatic carbocycles. The van der Waals surface area contributed by atoms with Gasteiger partial charge in [0.25, 0.3) is 5.56 Å². The molecule has 2 fully saturated rings. The van der Waals surface area contributed by atoms with Gasteiger partial charge in [-0.2, -0.15) is 4.39 Å². The Kier molecular flexibility index (Phi) is 5.54. The third-order valence-corrected chi connectivity index (χ3v) is 6.29. The van der Waals surface area contributed by atoms with Crippen LogP contribution >= 0.6 is 7.82 Å². The zero-order valence-electron chi connectivity index (χ0n) is 15.6. The number of rotatable bonds is 5. The molecule has 1 N–H and O–H groups in total. The number of nitrogens with zero attached hydrogens (tertiary/aromatic N) is 1. The minimum absolute atomic E-state index is 0.0344. The number of fused-ring (bicyclic) bond motifs is 1. The summed E-state index contributed by atoms with van der Waals surface area (Å²) in [4.78, 5) is 25.0. The molecule has 2 aliphatic heterocycles. The zero-order valence-corrected chi connectivity index (χ0v) is 16.5.